The van der Waals surface area contributed by atoms with Crippen molar-refractivity contribution in [3.05, 3.63) is 40.3 Å². The molecule has 1 N–H and O–H groups in total. The fourth-order valence-corrected chi connectivity index (χ4v) is 2.24. The number of aliphatic hydroxyl groups is 1. The Hall–Kier alpha value is -1.66. The topological polar surface area (TPSA) is 61.1 Å². The van der Waals surface area contributed by atoms with Gasteiger partial charge in [0.1, 0.15) is 29.1 Å². The predicted molar refractivity (Wildman–Crippen MR) is 76.6 cm³/mol. The highest BCUT2D eigenvalue weighted by atomic mass is 79.9. The monoisotopic (exact) mass is 342 g/mol. The second-order valence-electron chi connectivity index (χ2n) is 3.99. The first-order valence-corrected chi connectivity index (χ1v) is 6.63. The van der Waals surface area contributed by atoms with Gasteiger partial charge in [-0.15, -0.1) is 0 Å². The van der Waals surface area contributed by atoms with Gasteiger partial charge >= 0.3 is 0 Å². The van der Waals surface area contributed by atoms with Crippen molar-refractivity contribution in [2.24, 2.45) is 0 Å². The van der Waals surface area contributed by atoms with Crippen molar-refractivity contribution in [1.82, 2.24) is 0 Å². The van der Waals surface area contributed by atoms with Gasteiger partial charge in [-0.25, -0.2) is 0 Å². The lowest BCUT2D eigenvalue weighted by atomic mass is 10.0. The Bertz CT molecular complexity index is 568. The number of ether oxygens (including phenoxy) is 3. The molecule has 0 aliphatic carbocycles. The molecule has 0 fully saturated rings. The maximum Gasteiger partial charge on any atom is 0.169 e. The molecule has 6 heteroatoms. The van der Waals surface area contributed by atoms with E-state index >= 15 is 0 Å². The van der Waals surface area contributed by atoms with Gasteiger partial charge in [-0.05, 0) is 28.1 Å². The van der Waals surface area contributed by atoms with Crippen molar-refractivity contribution in [3.63, 3.8) is 0 Å². The van der Waals surface area contributed by atoms with E-state index in [1.807, 2.05) is 0 Å². The fourth-order valence-electron chi connectivity index (χ4n) is 1.92. The molecule has 20 heavy (non-hydrogen) atoms. The molecule has 0 bridgehead atoms. The SMILES string of the molecule is COc1cc(OC)c(C(O)c2ccc(Br)o2)c(OC)c1. The summed E-state index contributed by atoms with van der Waals surface area (Å²) in [6.07, 6.45) is -1.00. The van der Waals surface area contributed by atoms with Crippen molar-refractivity contribution in [2.75, 3.05) is 21.3 Å². The van der Waals surface area contributed by atoms with E-state index in [-0.39, 0.29) is 0 Å². The molecule has 5 nitrogen and oxygen atoms in total. The second-order valence-corrected chi connectivity index (χ2v) is 4.77. The van der Waals surface area contributed by atoms with Crippen LogP contribution in [0.5, 0.6) is 17.2 Å². The van der Waals surface area contributed by atoms with Crippen molar-refractivity contribution in [1.29, 1.82) is 0 Å². The van der Waals surface area contributed by atoms with Crippen LogP contribution in [-0.4, -0.2) is 26.4 Å². The summed E-state index contributed by atoms with van der Waals surface area (Å²) in [6, 6.07) is 6.75. The van der Waals surface area contributed by atoms with Crippen LogP contribution in [0.1, 0.15) is 17.4 Å². The molecule has 108 valence electrons. The van der Waals surface area contributed by atoms with Crippen molar-refractivity contribution in [3.8, 4) is 17.2 Å². The average molecular weight is 343 g/mol. The maximum absolute atomic E-state index is 10.5. The van der Waals surface area contributed by atoms with E-state index in [1.165, 1.54) is 14.2 Å². The van der Waals surface area contributed by atoms with Crippen molar-refractivity contribution in [2.45, 2.75) is 6.10 Å². The van der Waals surface area contributed by atoms with Crippen LogP contribution in [-0.2, 0) is 0 Å². The standard InChI is InChI=1S/C14H15BrO5/c1-17-8-6-10(18-2)13(11(7-8)19-3)14(16)9-4-5-12(15)20-9/h4-7,14,16H,1-3H3. The summed E-state index contributed by atoms with van der Waals surface area (Å²) in [5.74, 6) is 1.89. The number of benzene rings is 1. The van der Waals surface area contributed by atoms with Gasteiger partial charge in [0.2, 0.25) is 0 Å². The third-order valence-corrected chi connectivity index (χ3v) is 3.32. The maximum atomic E-state index is 10.5. The first-order chi connectivity index (χ1) is 9.60. The predicted octanol–water partition coefficient (Wildman–Crippen LogP) is 3.15. The van der Waals surface area contributed by atoms with E-state index in [0.717, 1.165) is 0 Å². The number of hydrogen-bond acceptors (Lipinski definition) is 5. The molecule has 0 saturated carbocycles. The van der Waals surface area contributed by atoms with Gasteiger partial charge in [0.15, 0.2) is 4.67 Å². The van der Waals surface area contributed by atoms with Crippen LogP contribution in [0.2, 0.25) is 0 Å². The summed E-state index contributed by atoms with van der Waals surface area (Å²) in [5.41, 5.74) is 0.484. The van der Waals surface area contributed by atoms with Gasteiger partial charge in [0.05, 0.1) is 26.9 Å². The normalized spacial score (nSPS) is 12.1. The van der Waals surface area contributed by atoms with Gasteiger partial charge in [-0.1, -0.05) is 0 Å². The molecule has 0 saturated heterocycles. The number of hydrogen-bond donors (Lipinski definition) is 1. The fraction of sp³-hybridized carbons (Fsp3) is 0.286. The average Bonchev–Trinajstić information content (AvgIpc) is 2.91. The minimum absolute atomic E-state index is 0.388. The van der Waals surface area contributed by atoms with Crippen LogP contribution in [0.15, 0.2) is 33.4 Å². The van der Waals surface area contributed by atoms with Crippen LogP contribution in [0, 0.1) is 0 Å². The van der Waals surface area contributed by atoms with E-state index < -0.39 is 6.10 Å². The molecule has 0 aliphatic heterocycles. The summed E-state index contributed by atoms with van der Waals surface area (Å²) in [7, 11) is 4.58. The van der Waals surface area contributed by atoms with Crippen LogP contribution in [0.3, 0.4) is 0 Å². The summed E-state index contributed by atoms with van der Waals surface area (Å²) in [4.78, 5) is 0. The molecule has 1 aromatic heterocycles. The van der Waals surface area contributed by atoms with Crippen LogP contribution in [0.25, 0.3) is 0 Å². The highest BCUT2D eigenvalue weighted by Gasteiger charge is 2.24. The zero-order valence-corrected chi connectivity index (χ0v) is 12.9. The van der Waals surface area contributed by atoms with Crippen LogP contribution < -0.4 is 14.2 Å². The third kappa shape index (κ3) is 2.76. The molecule has 0 spiro atoms. The van der Waals surface area contributed by atoms with Crippen molar-refractivity contribution >= 4 is 15.9 Å². The zero-order chi connectivity index (χ0) is 14.7. The largest absolute Gasteiger partial charge is 0.496 e. The first kappa shape index (κ1) is 14.7. The molecule has 1 aromatic carbocycles. The van der Waals surface area contributed by atoms with Gasteiger partial charge in [-0.3, -0.25) is 0 Å². The minimum atomic E-state index is -1.00. The molecule has 0 radical (unpaired) electrons. The number of rotatable bonds is 5. The van der Waals surface area contributed by atoms with E-state index in [2.05, 4.69) is 15.9 Å². The van der Waals surface area contributed by atoms with E-state index in [0.29, 0.717) is 33.2 Å². The second kappa shape index (κ2) is 6.19. The molecular weight excluding hydrogens is 328 g/mol. The Kier molecular flexibility index (Phi) is 4.57. The summed E-state index contributed by atoms with van der Waals surface area (Å²) in [6.45, 7) is 0. The molecule has 2 rings (SSSR count). The van der Waals surface area contributed by atoms with E-state index in [9.17, 15) is 5.11 Å². The third-order valence-electron chi connectivity index (χ3n) is 2.89. The van der Waals surface area contributed by atoms with Gasteiger partial charge < -0.3 is 23.7 Å². The Morgan fingerprint density at radius 2 is 1.65 bits per heavy atom. The smallest absolute Gasteiger partial charge is 0.169 e. The van der Waals surface area contributed by atoms with Crippen LogP contribution >= 0.6 is 15.9 Å². The zero-order valence-electron chi connectivity index (χ0n) is 11.3. The number of aliphatic hydroxyl groups excluding tert-OH is 1. The quantitative estimate of drug-likeness (QED) is 0.904. The molecule has 1 heterocycles. The van der Waals surface area contributed by atoms with Gasteiger partial charge in [-0.2, -0.15) is 0 Å². The van der Waals surface area contributed by atoms with Gasteiger partial charge in [0, 0.05) is 12.1 Å². The molecule has 2 aromatic rings. The minimum Gasteiger partial charge on any atom is -0.496 e. The lowest BCUT2D eigenvalue weighted by Gasteiger charge is -2.18. The van der Waals surface area contributed by atoms with E-state index in [1.54, 1.807) is 31.4 Å². The van der Waals surface area contributed by atoms with Gasteiger partial charge in [0.25, 0.3) is 0 Å². The summed E-state index contributed by atoms with van der Waals surface area (Å²) in [5, 5.41) is 10.5. The first-order valence-electron chi connectivity index (χ1n) is 5.84. The number of halogens is 1. The number of furan rings is 1. The Morgan fingerprint density at radius 3 is 2.05 bits per heavy atom. The molecule has 1 unspecified atom stereocenters. The Balaban J connectivity index is 2.53. The molecule has 1 atom stereocenters. The van der Waals surface area contributed by atoms with E-state index in [4.69, 9.17) is 18.6 Å². The summed E-state index contributed by atoms with van der Waals surface area (Å²) >= 11 is 3.21. The molecular formula is C14H15BrO5. The lowest BCUT2D eigenvalue weighted by Crippen LogP contribution is -2.05. The van der Waals surface area contributed by atoms with Crippen LogP contribution in [0.4, 0.5) is 0 Å². The van der Waals surface area contributed by atoms with Crippen molar-refractivity contribution < 1.29 is 23.7 Å². The Morgan fingerprint density at radius 1 is 1.05 bits per heavy atom. The highest BCUT2D eigenvalue weighted by Crippen LogP contribution is 2.41. The molecule has 0 aliphatic rings. The number of methoxy groups -OCH3 is 3. The summed E-state index contributed by atoms with van der Waals surface area (Å²) < 4.78 is 21.7. The Labute approximate surface area is 125 Å². The highest BCUT2D eigenvalue weighted by molar-refractivity contribution is 9.10. The lowest BCUT2D eigenvalue weighted by molar-refractivity contribution is 0.178. The molecule has 0 amide bonds.